The maximum atomic E-state index is 9.14. The van der Waals surface area contributed by atoms with Crippen molar-refractivity contribution in [3.8, 4) is 0 Å². The van der Waals surface area contributed by atoms with Gasteiger partial charge in [-0.3, -0.25) is 0 Å². The highest BCUT2D eigenvalue weighted by atomic mass is 16.6. The van der Waals surface area contributed by atoms with E-state index in [1.54, 1.807) is 0 Å². The Kier molecular flexibility index (Phi) is 7.66. The molecule has 1 heterocycles. The molecule has 4 atom stereocenters. The van der Waals surface area contributed by atoms with Gasteiger partial charge in [-0.2, -0.15) is 0 Å². The molecule has 1 saturated heterocycles. The van der Waals surface area contributed by atoms with Gasteiger partial charge in [-0.1, -0.05) is 41.5 Å². The molecule has 0 saturated carbocycles. The van der Waals surface area contributed by atoms with E-state index in [2.05, 4.69) is 41.5 Å². The Balaban J connectivity index is 2.48. The monoisotopic (exact) mass is 300 g/mol. The van der Waals surface area contributed by atoms with E-state index < -0.39 is 0 Å². The molecule has 1 fully saturated rings. The highest BCUT2D eigenvalue weighted by Gasteiger charge is 2.29. The van der Waals surface area contributed by atoms with Crippen LogP contribution in [0.3, 0.4) is 0 Å². The smallest absolute Gasteiger partial charge is 0.0814 e. The fourth-order valence-electron chi connectivity index (χ4n) is 3.19. The Hall–Kier alpha value is -0.120. The average molecular weight is 300 g/mol. The predicted octanol–water partition coefficient (Wildman–Crippen LogP) is 4.03. The van der Waals surface area contributed by atoms with Crippen molar-refractivity contribution in [2.75, 3.05) is 13.2 Å². The zero-order chi connectivity index (χ0) is 16.0. The maximum Gasteiger partial charge on any atom is 0.0814 e. The molecule has 21 heavy (non-hydrogen) atoms. The van der Waals surface area contributed by atoms with E-state index in [1.807, 2.05) is 0 Å². The van der Waals surface area contributed by atoms with E-state index in [9.17, 15) is 0 Å². The van der Waals surface area contributed by atoms with E-state index in [0.29, 0.717) is 24.5 Å². The number of hydrogen-bond donors (Lipinski definition) is 1. The van der Waals surface area contributed by atoms with Crippen LogP contribution in [0.25, 0.3) is 0 Å². The van der Waals surface area contributed by atoms with Crippen LogP contribution in [0.15, 0.2) is 0 Å². The molecule has 3 nitrogen and oxygen atoms in total. The van der Waals surface area contributed by atoms with Crippen LogP contribution >= 0.6 is 0 Å². The van der Waals surface area contributed by atoms with Gasteiger partial charge in [-0.15, -0.1) is 0 Å². The van der Waals surface area contributed by atoms with E-state index in [1.165, 1.54) is 6.42 Å². The second-order valence-corrected chi connectivity index (χ2v) is 8.38. The highest BCUT2D eigenvalue weighted by Crippen LogP contribution is 2.30. The Morgan fingerprint density at radius 3 is 2.24 bits per heavy atom. The number of aliphatic hydroxyl groups excluding tert-OH is 1. The van der Waals surface area contributed by atoms with Crippen molar-refractivity contribution < 1.29 is 14.6 Å². The first-order valence-corrected chi connectivity index (χ1v) is 8.59. The summed E-state index contributed by atoms with van der Waals surface area (Å²) in [5.41, 5.74) is 0.278. The Labute approximate surface area is 131 Å². The number of rotatable bonds is 8. The van der Waals surface area contributed by atoms with Crippen LogP contribution in [0.1, 0.15) is 67.2 Å². The highest BCUT2D eigenvalue weighted by molar-refractivity contribution is 4.77. The summed E-state index contributed by atoms with van der Waals surface area (Å²) in [6.45, 7) is 14.5. The molecule has 4 unspecified atom stereocenters. The van der Waals surface area contributed by atoms with Crippen LogP contribution in [0.2, 0.25) is 0 Å². The van der Waals surface area contributed by atoms with Crippen molar-refractivity contribution in [2.45, 2.75) is 85.5 Å². The SMILES string of the molecule is CC(C)CC(C)C(CC(C)(C)C)OCC1CCC(CO)O1. The average Bonchev–Trinajstić information content (AvgIpc) is 2.80. The summed E-state index contributed by atoms with van der Waals surface area (Å²) < 4.78 is 12.0. The number of hydrogen-bond acceptors (Lipinski definition) is 3. The second-order valence-electron chi connectivity index (χ2n) is 8.38. The molecule has 0 aliphatic carbocycles. The van der Waals surface area contributed by atoms with E-state index in [4.69, 9.17) is 14.6 Å². The topological polar surface area (TPSA) is 38.7 Å². The second kappa shape index (κ2) is 8.50. The maximum absolute atomic E-state index is 9.14. The Morgan fingerprint density at radius 2 is 1.76 bits per heavy atom. The summed E-state index contributed by atoms with van der Waals surface area (Å²) in [5.74, 6) is 1.27. The molecule has 0 spiro atoms. The Morgan fingerprint density at radius 1 is 1.14 bits per heavy atom. The molecular formula is C18H36O3. The lowest BCUT2D eigenvalue weighted by molar-refractivity contribution is -0.0756. The van der Waals surface area contributed by atoms with E-state index >= 15 is 0 Å². The van der Waals surface area contributed by atoms with Gasteiger partial charge in [0.15, 0.2) is 0 Å². The molecular weight excluding hydrogens is 264 g/mol. The number of ether oxygens (including phenoxy) is 2. The summed E-state index contributed by atoms with van der Waals surface area (Å²) in [6.07, 6.45) is 4.72. The molecule has 0 amide bonds. The van der Waals surface area contributed by atoms with Crippen molar-refractivity contribution in [3.05, 3.63) is 0 Å². The van der Waals surface area contributed by atoms with Crippen molar-refractivity contribution in [1.29, 1.82) is 0 Å². The fraction of sp³-hybridized carbons (Fsp3) is 1.00. The van der Waals surface area contributed by atoms with Crippen LogP contribution in [0.5, 0.6) is 0 Å². The van der Waals surface area contributed by atoms with Gasteiger partial charge in [0.1, 0.15) is 0 Å². The first-order valence-electron chi connectivity index (χ1n) is 8.59. The van der Waals surface area contributed by atoms with Crippen LogP contribution < -0.4 is 0 Å². The Bertz CT molecular complexity index is 283. The standard InChI is InChI=1S/C18H36O3/c1-13(2)9-14(3)17(10-18(4,5)6)20-12-16-8-7-15(11-19)21-16/h13-17,19H,7-12H2,1-6H3. The zero-order valence-electron chi connectivity index (χ0n) is 14.9. The molecule has 3 heteroatoms. The van der Waals surface area contributed by atoms with E-state index in [0.717, 1.165) is 19.3 Å². The molecule has 1 N–H and O–H groups in total. The first kappa shape index (κ1) is 18.9. The quantitative estimate of drug-likeness (QED) is 0.735. The van der Waals surface area contributed by atoms with Crippen molar-refractivity contribution in [1.82, 2.24) is 0 Å². The van der Waals surface area contributed by atoms with Crippen LogP contribution in [0.4, 0.5) is 0 Å². The zero-order valence-corrected chi connectivity index (χ0v) is 14.9. The van der Waals surface area contributed by atoms with Crippen molar-refractivity contribution in [3.63, 3.8) is 0 Å². The third-order valence-electron chi connectivity index (χ3n) is 4.19. The van der Waals surface area contributed by atoms with Gasteiger partial charge in [0, 0.05) is 0 Å². The van der Waals surface area contributed by atoms with Gasteiger partial charge in [-0.25, -0.2) is 0 Å². The van der Waals surface area contributed by atoms with Crippen molar-refractivity contribution in [2.24, 2.45) is 17.3 Å². The van der Waals surface area contributed by atoms with Crippen LogP contribution in [-0.2, 0) is 9.47 Å². The van der Waals surface area contributed by atoms with Gasteiger partial charge in [0.2, 0.25) is 0 Å². The van der Waals surface area contributed by atoms with Gasteiger partial charge >= 0.3 is 0 Å². The van der Waals surface area contributed by atoms with Crippen LogP contribution in [0, 0.1) is 17.3 Å². The lowest BCUT2D eigenvalue weighted by Gasteiger charge is -2.32. The minimum atomic E-state index is 0.0211. The first-order chi connectivity index (χ1) is 9.71. The largest absolute Gasteiger partial charge is 0.394 e. The molecule has 1 rings (SSSR count). The van der Waals surface area contributed by atoms with Gasteiger partial charge < -0.3 is 14.6 Å². The summed E-state index contributed by atoms with van der Waals surface area (Å²) in [7, 11) is 0. The fourth-order valence-corrected chi connectivity index (χ4v) is 3.19. The summed E-state index contributed by atoms with van der Waals surface area (Å²) in [6, 6.07) is 0. The lowest BCUT2D eigenvalue weighted by Crippen LogP contribution is -2.31. The van der Waals surface area contributed by atoms with Crippen LogP contribution in [-0.4, -0.2) is 36.6 Å². The number of aliphatic hydroxyl groups is 1. The van der Waals surface area contributed by atoms with E-state index in [-0.39, 0.29) is 24.2 Å². The summed E-state index contributed by atoms with van der Waals surface area (Å²) in [4.78, 5) is 0. The molecule has 0 aromatic carbocycles. The van der Waals surface area contributed by atoms with Gasteiger partial charge in [0.25, 0.3) is 0 Å². The molecule has 0 bridgehead atoms. The molecule has 0 radical (unpaired) electrons. The van der Waals surface area contributed by atoms with Gasteiger partial charge in [0.05, 0.1) is 31.5 Å². The van der Waals surface area contributed by atoms with Crippen molar-refractivity contribution >= 4 is 0 Å². The summed E-state index contributed by atoms with van der Waals surface area (Å²) >= 11 is 0. The third-order valence-corrected chi connectivity index (χ3v) is 4.19. The third kappa shape index (κ3) is 7.62. The molecule has 0 aromatic heterocycles. The normalized spacial score (nSPS) is 26.3. The minimum absolute atomic E-state index is 0.0211. The lowest BCUT2D eigenvalue weighted by atomic mass is 9.82. The van der Waals surface area contributed by atoms with Gasteiger partial charge in [-0.05, 0) is 42.9 Å². The minimum Gasteiger partial charge on any atom is -0.394 e. The molecule has 126 valence electrons. The predicted molar refractivity (Wildman–Crippen MR) is 87.4 cm³/mol. The summed E-state index contributed by atoms with van der Waals surface area (Å²) in [5, 5.41) is 9.14. The molecule has 0 aromatic rings. The molecule has 1 aliphatic rings. The molecule has 1 aliphatic heterocycles.